The molecular formula is H4CoFe2LiMnNiO5P. The van der Waals surface area contributed by atoms with E-state index in [0.29, 0.717) is 0 Å². The Morgan fingerprint density at radius 3 is 1.17 bits per heavy atom. The van der Waals surface area contributed by atoms with Crippen LogP contribution in [0.4, 0.5) is 0 Å². The molecule has 82 valence electrons. The number of hydrogen-bond acceptors (Lipinski definition) is 2. The first kappa shape index (κ1) is 45.8. The van der Waals surface area contributed by atoms with E-state index in [4.69, 9.17) is 23.1 Å². The molecule has 0 fully saturated rings. The van der Waals surface area contributed by atoms with Crippen molar-refractivity contribution in [2.45, 2.75) is 0 Å². The van der Waals surface area contributed by atoms with E-state index >= 15 is 0 Å². The van der Waals surface area contributed by atoms with Crippen molar-refractivity contribution in [3.05, 3.63) is 0 Å². The van der Waals surface area contributed by atoms with Crippen LogP contribution in [-0.2, 0) is 91.8 Å². The van der Waals surface area contributed by atoms with Crippen molar-refractivity contribution in [3.63, 3.8) is 0 Å². The van der Waals surface area contributed by atoms with Crippen LogP contribution in [0.25, 0.3) is 0 Å². The van der Waals surface area contributed by atoms with Crippen molar-refractivity contribution in [1.82, 2.24) is 0 Å². The van der Waals surface area contributed by atoms with Gasteiger partial charge >= 0.3 is 46.5 Å². The second-order valence-electron chi connectivity index (χ2n) is 0.513. The van der Waals surface area contributed by atoms with Gasteiger partial charge in [-0.05, 0) is 0 Å². The Kier molecular flexibility index (Phi) is 112. The van der Waals surface area contributed by atoms with Crippen molar-refractivity contribution < 1.29 is 127 Å². The van der Waals surface area contributed by atoms with Gasteiger partial charge in [0.15, 0.2) is 0 Å². The summed E-state index contributed by atoms with van der Waals surface area (Å²) in [7, 11) is -4.64. The van der Waals surface area contributed by atoms with Crippen LogP contribution in [0, 0.1) is 0 Å². The number of phosphoric acid groups is 1. The number of hydrogen-bond donors (Lipinski definition) is 3. The minimum atomic E-state index is -4.64. The van der Waals surface area contributed by atoms with E-state index in [1.165, 1.54) is 0 Å². The molecule has 0 bridgehead atoms. The first-order chi connectivity index (χ1) is 3.00. The summed E-state index contributed by atoms with van der Waals surface area (Å²) in [6.45, 7) is 0. The maximum atomic E-state index is 8.88. The summed E-state index contributed by atoms with van der Waals surface area (Å²) < 4.78 is 16.9. The van der Waals surface area contributed by atoms with Gasteiger partial charge in [0.1, 0.15) is 0 Å². The van der Waals surface area contributed by atoms with Crippen molar-refractivity contribution in [2.75, 3.05) is 0 Å². The Bertz CT molecular complexity index is 90.3. The predicted octanol–water partition coefficient (Wildman–Crippen LogP) is -3.94. The van der Waals surface area contributed by atoms with E-state index in [1.54, 1.807) is 0 Å². The van der Waals surface area contributed by atoms with Crippen LogP contribution in [-0.4, -0.2) is 14.7 Å². The van der Waals surface area contributed by atoms with Gasteiger partial charge in [0, 0.05) is 67.4 Å². The summed E-state index contributed by atoms with van der Waals surface area (Å²) in [6, 6.07) is 0. The zero-order chi connectivity index (χ0) is 6.50. The number of rotatable bonds is 0. The van der Waals surface area contributed by atoms with Crippen molar-refractivity contribution >= 4 is 7.82 Å². The molecule has 0 aliphatic carbocycles. The van der Waals surface area contributed by atoms with Gasteiger partial charge in [-0.3, -0.25) is 0 Å². The van der Waals surface area contributed by atoms with Gasteiger partial charge in [-0.15, -0.1) is 0 Å². The fourth-order valence-corrected chi connectivity index (χ4v) is 0. The van der Waals surface area contributed by atoms with Crippen molar-refractivity contribution in [2.24, 2.45) is 0 Å². The van der Waals surface area contributed by atoms with Gasteiger partial charge in [0.25, 0.3) is 0 Å². The van der Waals surface area contributed by atoms with Crippen LogP contribution in [0.2, 0.25) is 0 Å². The van der Waals surface area contributed by atoms with Gasteiger partial charge in [-0.2, -0.15) is 0 Å². The summed E-state index contributed by atoms with van der Waals surface area (Å²) in [5.74, 6) is 0. The Morgan fingerprint density at radius 2 is 1.17 bits per heavy atom. The molecule has 0 aliphatic rings. The average molecular weight is 406 g/mol. The topological polar surface area (TPSA) is 94.8 Å². The molecule has 0 rings (SSSR count). The normalized spacial score (nSPS) is 5.33. The van der Waals surface area contributed by atoms with E-state index in [0.717, 1.165) is 0 Å². The Balaban J connectivity index is -0.00000000492. The first-order valence-electron chi connectivity index (χ1n) is 0.927. The monoisotopic (exact) mass is 406 g/mol. The van der Waals surface area contributed by atoms with E-state index in [-0.39, 0.29) is 87.7 Å². The van der Waals surface area contributed by atoms with E-state index in [1.807, 2.05) is 15.9 Å². The Labute approximate surface area is 133 Å². The third-order valence-corrected chi connectivity index (χ3v) is 0. The van der Waals surface area contributed by atoms with E-state index in [9.17, 15) is 0 Å². The van der Waals surface area contributed by atoms with Gasteiger partial charge in [-0.1, -0.05) is 0 Å². The average Bonchev–Trinajstić information content (AvgIpc) is 1.36. The molecule has 0 aromatic carbocycles. The van der Waals surface area contributed by atoms with Gasteiger partial charge in [0.2, 0.25) is 0 Å². The molecule has 2 radical (unpaired) electrons. The second-order valence-corrected chi connectivity index (χ2v) is 1.54. The fourth-order valence-electron chi connectivity index (χ4n) is 0. The molecule has 12 heteroatoms. The molecule has 0 saturated heterocycles. The molecule has 0 saturated carbocycles. The summed E-state index contributed by atoms with van der Waals surface area (Å²) in [4.78, 5) is 21.6. The van der Waals surface area contributed by atoms with Gasteiger partial charge in [-0.25, -0.2) is 4.57 Å². The summed E-state index contributed by atoms with van der Waals surface area (Å²) in [6.07, 6.45) is 0. The van der Waals surface area contributed by atoms with Gasteiger partial charge < -0.3 is 16.1 Å². The molecule has 0 amide bonds. The summed E-state index contributed by atoms with van der Waals surface area (Å²) >= 11 is 2.00. The molecule has 0 spiro atoms. The quantitative estimate of drug-likeness (QED) is 0.282. The van der Waals surface area contributed by atoms with Crippen LogP contribution in [0.15, 0.2) is 0 Å². The minimum absolute atomic E-state index is 0. The Hall–Kier alpha value is 3.07. The van der Waals surface area contributed by atoms with Crippen molar-refractivity contribution in [1.29, 1.82) is 0 Å². The standard InChI is InChI=1S/Co.2Fe.Li.Mn.Ni.H3O4P.O.H/c;;;;;;1-5(2,3)4;;/h;;;;;;(H3,1,2,3,4);;/q;;;+1;;;;;-1. The predicted molar refractivity (Wildman–Crippen MR) is 16.1 cm³/mol. The molecule has 12 heavy (non-hydrogen) atoms. The molecule has 0 aromatic rings. The van der Waals surface area contributed by atoms with Crippen LogP contribution in [0.1, 0.15) is 1.43 Å². The Morgan fingerprint density at radius 1 is 1.17 bits per heavy atom. The SMILES string of the molecule is O=P(O)(O)O.[Co].[Fe].[H-].[Li+].[Mn].[Ni].[O]=[Fe]. The molecular weight excluding hydrogens is 402 g/mol. The maximum absolute atomic E-state index is 8.88. The molecule has 0 aliphatic heterocycles. The molecule has 3 N–H and O–H groups in total. The third kappa shape index (κ3) is 202. The van der Waals surface area contributed by atoms with Crippen LogP contribution in [0.3, 0.4) is 0 Å². The zero-order valence-corrected chi connectivity index (χ0v) is 11.7. The molecule has 0 heterocycles. The van der Waals surface area contributed by atoms with Crippen LogP contribution < -0.4 is 18.9 Å². The van der Waals surface area contributed by atoms with Crippen LogP contribution >= 0.6 is 7.82 Å². The zero-order valence-electron chi connectivity index (χ0n) is 6.34. The molecule has 0 unspecified atom stereocenters. The first-order valence-corrected chi connectivity index (χ1v) is 2.94. The summed E-state index contributed by atoms with van der Waals surface area (Å²) in [5, 5.41) is 0. The van der Waals surface area contributed by atoms with E-state index in [2.05, 4.69) is 0 Å². The van der Waals surface area contributed by atoms with Crippen molar-refractivity contribution in [3.8, 4) is 0 Å². The van der Waals surface area contributed by atoms with Crippen LogP contribution in [0.5, 0.6) is 0 Å². The second kappa shape index (κ2) is 29.2. The van der Waals surface area contributed by atoms with E-state index < -0.39 is 7.82 Å². The summed E-state index contributed by atoms with van der Waals surface area (Å²) in [5.41, 5.74) is 0. The molecule has 0 aromatic heterocycles. The van der Waals surface area contributed by atoms with Gasteiger partial charge in [0.05, 0.1) is 0 Å². The molecule has 5 nitrogen and oxygen atoms in total. The molecule has 0 atom stereocenters. The fraction of sp³-hybridized carbons (Fsp3) is 0. The third-order valence-electron chi connectivity index (χ3n) is 0.